The molecule has 0 unspecified atom stereocenters. The number of anilines is 2. The molecule has 0 spiro atoms. The largest absolute Gasteiger partial charge is 0.366 e. The van der Waals surface area contributed by atoms with Gasteiger partial charge in [-0.15, -0.1) is 0 Å². The van der Waals surface area contributed by atoms with Crippen molar-refractivity contribution in [3.63, 3.8) is 0 Å². The summed E-state index contributed by atoms with van der Waals surface area (Å²) in [7, 11) is 0. The topological polar surface area (TPSA) is 73.6 Å². The van der Waals surface area contributed by atoms with E-state index in [0.29, 0.717) is 18.2 Å². The number of rotatable bonds is 5. The average molecular weight is 257 g/mol. The van der Waals surface area contributed by atoms with Gasteiger partial charge >= 0.3 is 0 Å². The lowest BCUT2D eigenvalue weighted by Gasteiger charge is -2.07. The molecule has 0 aliphatic rings. The molecule has 1 aromatic heterocycles. The molecule has 0 aliphatic heterocycles. The summed E-state index contributed by atoms with van der Waals surface area (Å²) in [4.78, 5) is 8.02. The predicted octanol–water partition coefficient (Wildman–Crippen LogP) is 2.16. The van der Waals surface area contributed by atoms with Crippen LogP contribution in [0.2, 0.25) is 0 Å². The quantitative estimate of drug-likeness (QED) is 0.803. The van der Waals surface area contributed by atoms with Gasteiger partial charge in [-0.1, -0.05) is 12.1 Å². The molecule has 0 fully saturated rings. The van der Waals surface area contributed by atoms with Crippen LogP contribution in [0.15, 0.2) is 36.7 Å². The number of aromatic nitrogens is 2. The molecule has 1 heterocycles. The minimum atomic E-state index is -0.265. The molecule has 2 rings (SSSR count). The highest BCUT2D eigenvalue weighted by molar-refractivity contribution is 5.47. The standard InChI is InChI=1S/C13H12FN5/c14-11-3-1-2-10(6-11)8-17-13-7-12(16-5-4-15)18-9-19-13/h1-3,6-7,9H,5,8H2,(H2,16,17,18,19). The van der Waals surface area contributed by atoms with Gasteiger partial charge in [0.15, 0.2) is 0 Å². The van der Waals surface area contributed by atoms with Gasteiger partial charge in [-0.25, -0.2) is 14.4 Å². The second-order valence-corrected chi connectivity index (χ2v) is 3.78. The molecule has 0 bridgehead atoms. The van der Waals surface area contributed by atoms with Crippen LogP contribution in [0.5, 0.6) is 0 Å². The van der Waals surface area contributed by atoms with E-state index >= 15 is 0 Å². The van der Waals surface area contributed by atoms with Gasteiger partial charge < -0.3 is 10.6 Å². The molecule has 0 aliphatic carbocycles. The van der Waals surface area contributed by atoms with Crippen LogP contribution >= 0.6 is 0 Å². The van der Waals surface area contributed by atoms with Gasteiger partial charge in [0.25, 0.3) is 0 Å². The third-order valence-corrected chi connectivity index (χ3v) is 2.38. The van der Waals surface area contributed by atoms with Crippen molar-refractivity contribution >= 4 is 11.6 Å². The van der Waals surface area contributed by atoms with Crippen LogP contribution in [-0.4, -0.2) is 16.5 Å². The summed E-state index contributed by atoms with van der Waals surface area (Å²) in [5.41, 5.74) is 0.824. The van der Waals surface area contributed by atoms with Gasteiger partial charge in [0.05, 0.1) is 6.07 Å². The highest BCUT2D eigenvalue weighted by Gasteiger charge is 1.99. The zero-order valence-electron chi connectivity index (χ0n) is 10.1. The van der Waals surface area contributed by atoms with Crippen LogP contribution in [0.4, 0.5) is 16.0 Å². The van der Waals surface area contributed by atoms with Crippen molar-refractivity contribution in [3.05, 3.63) is 48.0 Å². The molecular formula is C13H12FN5. The Morgan fingerprint density at radius 3 is 2.68 bits per heavy atom. The van der Waals surface area contributed by atoms with E-state index in [1.54, 1.807) is 12.1 Å². The smallest absolute Gasteiger partial charge is 0.132 e. The van der Waals surface area contributed by atoms with Crippen LogP contribution in [0, 0.1) is 17.1 Å². The molecule has 2 aromatic rings. The maximum Gasteiger partial charge on any atom is 0.132 e. The van der Waals surface area contributed by atoms with E-state index in [1.807, 2.05) is 12.1 Å². The molecule has 2 N–H and O–H groups in total. The van der Waals surface area contributed by atoms with Gasteiger partial charge in [0.1, 0.15) is 30.3 Å². The first-order chi connectivity index (χ1) is 9.28. The van der Waals surface area contributed by atoms with Crippen molar-refractivity contribution < 1.29 is 4.39 Å². The van der Waals surface area contributed by atoms with E-state index < -0.39 is 0 Å². The SMILES string of the molecule is N#CCNc1cc(NCc2cccc(F)c2)ncn1. The molecule has 19 heavy (non-hydrogen) atoms. The Kier molecular flexibility index (Phi) is 4.24. The minimum absolute atomic E-state index is 0.181. The molecule has 0 atom stereocenters. The molecule has 0 saturated carbocycles. The fraction of sp³-hybridized carbons (Fsp3) is 0.154. The fourth-order valence-electron chi connectivity index (χ4n) is 1.52. The lowest BCUT2D eigenvalue weighted by molar-refractivity contribution is 0.626. The van der Waals surface area contributed by atoms with Crippen LogP contribution in [0.1, 0.15) is 5.56 Å². The maximum atomic E-state index is 13.0. The first-order valence-electron chi connectivity index (χ1n) is 5.69. The van der Waals surface area contributed by atoms with E-state index in [4.69, 9.17) is 5.26 Å². The molecule has 6 heteroatoms. The van der Waals surface area contributed by atoms with Gasteiger partial charge in [0, 0.05) is 12.6 Å². The number of nitrogens with one attached hydrogen (secondary N) is 2. The van der Waals surface area contributed by atoms with E-state index in [0.717, 1.165) is 5.56 Å². The monoisotopic (exact) mass is 257 g/mol. The minimum Gasteiger partial charge on any atom is -0.366 e. The highest BCUT2D eigenvalue weighted by Crippen LogP contribution is 2.10. The Balaban J connectivity index is 1.98. The maximum absolute atomic E-state index is 13.0. The molecule has 0 radical (unpaired) electrons. The second kappa shape index (κ2) is 6.31. The molecular weight excluding hydrogens is 245 g/mol. The first kappa shape index (κ1) is 12.8. The van der Waals surface area contributed by atoms with Gasteiger partial charge in [-0.3, -0.25) is 0 Å². The van der Waals surface area contributed by atoms with Crippen molar-refractivity contribution in [2.24, 2.45) is 0 Å². The average Bonchev–Trinajstić information content (AvgIpc) is 2.43. The van der Waals surface area contributed by atoms with E-state index in [1.165, 1.54) is 18.5 Å². The van der Waals surface area contributed by atoms with Crippen LogP contribution in [-0.2, 0) is 6.54 Å². The number of nitriles is 1. The zero-order valence-corrected chi connectivity index (χ0v) is 10.1. The number of benzene rings is 1. The van der Waals surface area contributed by atoms with Crippen LogP contribution < -0.4 is 10.6 Å². The second-order valence-electron chi connectivity index (χ2n) is 3.78. The molecule has 5 nitrogen and oxygen atoms in total. The number of hydrogen-bond donors (Lipinski definition) is 2. The Morgan fingerprint density at radius 1 is 1.16 bits per heavy atom. The Morgan fingerprint density at radius 2 is 1.95 bits per heavy atom. The van der Waals surface area contributed by atoms with Gasteiger partial charge in [-0.05, 0) is 17.7 Å². The summed E-state index contributed by atoms with van der Waals surface area (Å²) in [6.07, 6.45) is 1.40. The number of nitrogens with zero attached hydrogens (tertiary/aromatic N) is 3. The Hall–Kier alpha value is -2.68. The predicted molar refractivity (Wildman–Crippen MR) is 69.9 cm³/mol. The lowest BCUT2D eigenvalue weighted by atomic mass is 10.2. The molecule has 0 saturated heterocycles. The molecule has 0 amide bonds. The third-order valence-electron chi connectivity index (χ3n) is 2.38. The van der Waals surface area contributed by atoms with E-state index in [-0.39, 0.29) is 12.4 Å². The van der Waals surface area contributed by atoms with Crippen LogP contribution in [0.3, 0.4) is 0 Å². The lowest BCUT2D eigenvalue weighted by Crippen LogP contribution is -2.05. The van der Waals surface area contributed by atoms with E-state index in [2.05, 4.69) is 20.6 Å². The van der Waals surface area contributed by atoms with Crippen molar-refractivity contribution in [2.75, 3.05) is 17.2 Å². The van der Waals surface area contributed by atoms with Gasteiger partial charge in [0.2, 0.25) is 0 Å². The summed E-state index contributed by atoms with van der Waals surface area (Å²) in [6, 6.07) is 10.0. The fourth-order valence-corrected chi connectivity index (χ4v) is 1.52. The first-order valence-corrected chi connectivity index (χ1v) is 5.69. The van der Waals surface area contributed by atoms with Gasteiger partial charge in [-0.2, -0.15) is 5.26 Å². The summed E-state index contributed by atoms with van der Waals surface area (Å²) in [5.74, 6) is 0.913. The third kappa shape index (κ3) is 3.92. The zero-order chi connectivity index (χ0) is 13.5. The van der Waals surface area contributed by atoms with Crippen molar-refractivity contribution in [3.8, 4) is 6.07 Å². The van der Waals surface area contributed by atoms with Crippen molar-refractivity contribution in [1.82, 2.24) is 9.97 Å². The van der Waals surface area contributed by atoms with Crippen molar-refractivity contribution in [2.45, 2.75) is 6.54 Å². The summed E-state index contributed by atoms with van der Waals surface area (Å²) in [5, 5.41) is 14.4. The molecule has 1 aromatic carbocycles. The number of hydrogen-bond acceptors (Lipinski definition) is 5. The van der Waals surface area contributed by atoms with Crippen LogP contribution in [0.25, 0.3) is 0 Å². The van der Waals surface area contributed by atoms with E-state index in [9.17, 15) is 4.39 Å². The summed E-state index contributed by atoms with van der Waals surface area (Å²) in [6.45, 7) is 0.646. The Bertz CT molecular complexity index is 594. The van der Waals surface area contributed by atoms with Crippen molar-refractivity contribution in [1.29, 1.82) is 5.26 Å². The number of halogens is 1. The normalized spacial score (nSPS) is 9.68. The highest BCUT2D eigenvalue weighted by atomic mass is 19.1. The summed E-state index contributed by atoms with van der Waals surface area (Å²) < 4.78 is 13.0. The molecule has 96 valence electrons. The Labute approximate surface area is 110 Å². The summed E-state index contributed by atoms with van der Waals surface area (Å²) >= 11 is 0.